The van der Waals surface area contributed by atoms with Gasteiger partial charge in [0.2, 0.25) is 0 Å². The molecule has 0 amide bonds. The van der Waals surface area contributed by atoms with Gasteiger partial charge in [-0.15, -0.1) is 0 Å². The Kier molecular flexibility index (Phi) is 3.18. The zero-order valence-electron chi connectivity index (χ0n) is 6.25. The van der Waals surface area contributed by atoms with Crippen LogP contribution in [0.4, 0.5) is 0 Å². The Hall–Kier alpha value is 0.230. The molecule has 0 aliphatic heterocycles. The van der Waals surface area contributed by atoms with Crippen LogP contribution in [-0.2, 0) is 4.97 Å². The van der Waals surface area contributed by atoms with Crippen molar-refractivity contribution in [2.45, 2.75) is 0 Å². The fourth-order valence-corrected chi connectivity index (χ4v) is 4.87. The molecule has 0 fully saturated rings. The van der Waals surface area contributed by atoms with Crippen molar-refractivity contribution < 1.29 is 17.0 Å². The van der Waals surface area contributed by atoms with E-state index in [1.54, 1.807) is 3.40 Å². The quantitative estimate of drug-likeness (QED) is 0.553. The fraction of sp³-hybridized carbons (Fsp3) is 0.111. The number of hydrogen-bond acceptors (Lipinski definition) is 0. The van der Waals surface area contributed by atoms with E-state index in [4.69, 9.17) is 0 Å². The van der Waals surface area contributed by atoms with E-state index in [-0.39, 0.29) is 17.0 Å². The predicted molar refractivity (Wildman–Crippen MR) is 46.5 cm³/mol. The van der Waals surface area contributed by atoms with Gasteiger partial charge in [0.05, 0.1) is 0 Å². The van der Waals surface area contributed by atoms with E-state index in [0.29, 0.717) is 0 Å². The zero-order chi connectivity index (χ0) is 6.97. The second-order valence-corrected chi connectivity index (χ2v) is 7.61. The third-order valence-electron chi connectivity index (χ3n) is 1.72. The maximum atomic E-state index is 2.41. The van der Waals surface area contributed by atoms with Crippen molar-refractivity contribution in [3.05, 3.63) is 34.4 Å². The average molecular weight is 325 g/mol. The van der Waals surface area contributed by atoms with E-state index in [1.807, 2.05) is 0 Å². The molecule has 0 atom stereocenters. The summed E-state index contributed by atoms with van der Waals surface area (Å²) in [6, 6.07) is 11.0. The van der Waals surface area contributed by atoms with Gasteiger partial charge in [-0.05, 0) is 0 Å². The molecular formula is C9H9BrTe. The monoisotopic (exact) mass is 326 g/mol. The molecule has 2 aromatic rings. The molecule has 0 N–H and O–H groups in total. The third-order valence-corrected chi connectivity index (χ3v) is 6.31. The molecule has 0 saturated carbocycles. The molecule has 2 heteroatoms. The molecule has 11 heavy (non-hydrogen) atoms. The van der Waals surface area contributed by atoms with E-state index in [0.717, 1.165) is 0 Å². The van der Waals surface area contributed by atoms with Crippen molar-refractivity contribution in [2.75, 3.05) is 0 Å². The minimum Gasteiger partial charge on any atom is -1.00 e. The maximum absolute atomic E-state index is 2.41. The molecule has 0 spiro atoms. The van der Waals surface area contributed by atoms with E-state index in [9.17, 15) is 0 Å². The van der Waals surface area contributed by atoms with Crippen LogP contribution in [0.3, 0.4) is 0 Å². The second-order valence-electron chi connectivity index (χ2n) is 2.40. The van der Waals surface area contributed by atoms with Crippen LogP contribution in [-0.4, -0.2) is 19.1 Å². The molecule has 0 nitrogen and oxygen atoms in total. The summed E-state index contributed by atoms with van der Waals surface area (Å²) in [5, 5.41) is 1.46. The van der Waals surface area contributed by atoms with Crippen LogP contribution in [0, 0.1) is 0 Å². The van der Waals surface area contributed by atoms with Crippen molar-refractivity contribution in [2.24, 2.45) is 4.97 Å². The van der Waals surface area contributed by atoms with Crippen LogP contribution in [0.15, 0.2) is 34.4 Å². The smallest absolute Gasteiger partial charge is 1.00 e. The van der Waals surface area contributed by atoms with Crippen LogP contribution in [0.25, 0.3) is 8.79 Å². The van der Waals surface area contributed by atoms with Crippen molar-refractivity contribution in [1.29, 1.82) is 0 Å². The largest absolute Gasteiger partial charge is 1.00 e. The Balaban J connectivity index is 0.000000605. The molecule has 1 aromatic carbocycles. The summed E-state index contributed by atoms with van der Waals surface area (Å²) >= 11 is -0.907. The molecule has 0 aliphatic carbocycles. The first-order valence-corrected chi connectivity index (χ1v) is 8.14. The number of hydrogen-bond donors (Lipinski definition) is 0. The van der Waals surface area contributed by atoms with Gasteiger partial charge in [-0.3, -0.25) is 0 Å². The standard InChI is InChI=1S/C9H9Te.BrH/c1-10-7-6-8-4-2-3-5-9(8)10;/h2-7H,1H3;1H/q+1;/p-1. The summed E-state index contributed by atoms with van der Waals surface area (Å²) < 4.78 is 4.04. The van der Waals surface area contributed by atoms with Crippen molar-refractivity contribution >= 4 is 27.8 Å². The minimum absolute atomic E-state index is 0. The summed E-state index contributed by atoms with van der Waals surface area (Å²) in [4.78, 5) is 2.39. The molecule has 1 heterocycles. The van der Waals surface area contributed by atoms with E-state index < -0.39 is 19.1 Å². The Bertz CT molecular complexity index is 351. The van der Waals surface area contributed by atoms with Gasteiger partial charge in [-0.25, -0.2) is 0 Å². The normalized spacial score (nSPS) is 9.55. The van der Waals surface area contributed by atoms with Gasteiger partial charge in [0.25, 0.3) is 0 Å². The Morgan fingerprint density at radius 1 is 1.09 bits per heavy atom. The van der Waals surface area contributed by atoms with Crippen molar-refractivity contribution in [3.63, 3.8) is 0 Å². The van der Waals surface area contributed by atoms with Gasteiger partial charge in [0.15, 0.2) is 0 Å². The van der Waals surface area contributed by atoms with Crippen molar-refractivity contribution in [3.8, 4) is 0 Å². The molecule has 2 rings (SSSR count). The molecule has 0 bridgehead atoms. The maximum Gasteiger partial charge on any atom is -1.00 e. The van der Waals surface area contributed by atoms with Gasteiger partial charge in [-0.1, -0.05) is 0 Å². The number of benzene rings is 1. The average Bonchev–Trinajstić information content (AvgIpc) is 2.34. The minimum atomic E-state index is -0.907. The molecule has 0 radical (unpaired) electrons. The van der Waals surface area contributed by atoms with Gasteiger partial charge in [0.1, 0.15) is 0 Å². The van der Waals surface area contributed by atoms with Crippen LogP contribution >= 0.6 is 0 Å². The van der Waals surface area contributed by atoms with Gasteiger partial charge >= 0.3 is 67.2 Å². The summed E-state index contributed by atoms with van der Waals surface area (Å²) in [6.07, 6.45) is 0. The van der Waals surface area contributed by atoms with Gasteiger partial charge < -0.3 is 17.0 Å². The fourth-order valence-electron chi connectivity index (χ4n) is 1.16. The zero-order valence-corrected chi connectivity index (χ0v) is 10.2. The summed E-state index contributed by atoms with van der Waals surface area (Å²) in [5.41, 5.74) is 0. The Morgan fingerprint density at radius 3 is 2.55 bits per heavy atom. The molecular weight excluding hydrogens is 316 g/mol. The van der Waals surface area contributed by atoms with Crippen molar-refractivity contribution in [1.82, 2.24) is 0 Å². The topological polar surface area (TPSA) is 0 Å². The Labute approximate surface area is 83.8 Å². The SMILES string of the molecule is C[te+]1ccc2ccccc21.[Br-]. The summed E-state index contributed by atoms with van der Waals surface area (Å²) in [5.74, 6) is 0. The first-order chi connectivity index (χ1) is 4.88. The van der Waals surface area contributed by atoms with E-state index in [2.05, 4.69) is 39.4 Å². The van der Waals surface area contributed by atoms with Crippen LogP contribution in [0.1, 0.15) is 0 Å². The number of fused-ring (bicyclic) bond motifs is 1. The summed E-state index contributed by atoms with van der Waals surface area (Å²) in [6.45, 7) is 0. The van der Waals surface area contributed by atoms with Crippen LogP contribution in [0.2, 0.25) is 0 Å². The first-order valence-electron chi connectivity index (χ1n) is 3.30. The molecule has 1 aromatic heterocycles. The number of aryl methyl sites for hydroxylation is 1. The molecule has 0 saturated heterocycles. The van der Waals surface area contributed by atoms with E-state index in [1.165, 1.54) is 5.39 Å². The van der Waals surface area contributed by atoms with Crippen LogP contribution < -0.4 is 17.0 Å². The predicted octanol–water partition coefficient (Wildman–Crippen LogP) is -0.875. The summed E-state index contributed by atoms with van der Waals surface area (Å²) in [7, 11) is 0. The molecule has 58 valence electrons. The number of rotatable bonds is 0. The molecule has 0 unspecified atom stereocenters. The van der Waals surface area contributed by atoms with Gasteiger partial charge in [-0.2, -0.15) is 0 Å². The second kappa shape index (κ2) is 3.76. The van der Waals surface area contributed by atoms with E-state index >= 15 is 0 Å². The molecule has 0 aliphatic rings. The van der Waals surface area contributed by atoms with Crippen LogP contribution in [0.5, 0.6) is 0 Å². The van der Waals surface area contributed by atoms with Gasteiger partial charge in [0, 0.05) is 0 Å². The third kappa shape index (κ3) is 1.69. The first kappa shape index (κ1) is 9.32. The Morgan fingerprint density at radius 2 is 1.82 bits per heavy atom. The number of halogens is 1.